The Bertz CT molecular complexity index is 385. The van der Waals surface area contributed by atoms with Crippen LogP contribution in [0.1, 0.15) is 18.4 Å². The minimum atomic E-state index is -0.715. The van der Waals surface area contributed by atoms with E-state index in [0.29, 0.717) is 5.02 Å². The van der Waals surface area contributed by atoms with Crippen LogP contribution >= 0.6 is 11.6 Å². The smallest absolute Gasteiger partial charge is 0.0868 e. The predicted molar refractivity (Wildman–Crippen MR) is 73.0 cm³/mol. The highest BCUT2D eigenvalue weighted by Gasteiger charge is 2.41. The van der Waals surface area contributed by atoms with Crippen molar-refractivity contribution in [2.45, 2.75) is 24.4 Å². The van der Waals surface area contributed by atoms with Crippen LogP contribution in [0.15, 0.2) is 24.3 Å². The summed E-state index contributed by atoms with van der Waals surface area (Å²) in [6.07, 6.45) is 0.993. The molecule has 1 aliphatic heterocycles. The molecule has 3 nitrogen and oxygen atoms in total. The van der Waals surface area contributed by atoms with E-state index in [1.807, 2.05) is 24.3 Å². The number of hydrogen-bond donors (Lipinski definition) is 2. The Morgan fingerprint density at radius 3 is 2.33 bits per heavy atom. The molecule has 0 radical (unpaired) electrons. The van der Waals surface area contributed by atoms with Gasteiger partial charge >= 0.3 is 0 Å². The van der Waals surface area contributed by atoms with E-state index in [1.54, 1.807) is 0 Å². The van der Waals surface area contributed by atoms with Gasteiger partial charge in [0.1, 0.15) is 0 Å². The van der Waals surface area contributed by atoms with Crippen molar-refractivity contribution in [3.05, 3.63) is 34.9 Å². The summed E-state index contributed by atoms with van der Waals surface area (Å²) in [4.78, 5) is 2.25. The van der Waals surface area contributed by atoms with Crippen LogP contribution in [0.25, 0.3) is 0 Å². The van der Waals surface area contributed by atoms with Gasteiger partial charge in [-0.3, -0.25) is 0 Å². The number of piperidine rings is 1. The zero-order valence-corrected chi connectivity index (χ0v) is 11.4. The van der Waals surface area contributed by atoms with Crippen LogP contribution in [0.3, 0.4) is 0 Å². The Kier molecular flexibility index (Phi) is 4.28. The molecule has 1 aromatic rings. The lowest BCUT2D eigenvalue weighted by molar-refractivity contribution is -0.00194. The summed E-state index contributed by atoms with van der Waals surface area (Å²) in [5.41, 5.74) is 0.729. The monoisotopic (exact) mass is 269 g/mol. The molecule has 18 heavy (non-hydrogen) atoms. The van der Waals surface area contributed by atoms with Crippen LogP contribution < -0.4 is 0 Å². The molecule has 2 rings (SSSR count). The molecule has 2 N–H and O–H groups in total. The van der Waals surface area contributed by atoms with E-state index in [9.17, 15) is 10.2 Å². The third-order valence-corrected chi connectivity index (χ3v) is 4.36. The number of halogens is 1. The molecule has 4 heteroatoms. The van der Waals surface area contributed by atoms with Crippen molar-refractivity contribution in [2.24, 2.45) is 0 Å². The second-order valence-electron chi connectivity index (χ2n) is 5.16. The first-order chi connectivity index (χ1) is 8.58. The first kappa shape index (κ1) is 13.8. The minimum absolute atomic E-state index is 0.202. The van der Waals surface area contributed by atoms with Crippen molar-refractivity contribution in [2.75, 3.05) is 26.7 Å². The van der Waals surface area contributed by atoms with Gasteiger partial charge in [-0.05, 0) is 50.7 Å². The number of aliphatic hydroxyl groups excluding tert-OH is 2. The third kappa shape index (κ3) is 2.54. The van der Waals surface area contributed by atoms with E-state index in [0.717, 1.165) is 31.5 Å². The lowest BCUT2D eigenvalue weighted by Gasteiger charge is -2.43. The highest BCUT2D eigenvalue weighted by Crippen LogP contribution is 2.38. The normalized spacial score (nSPS) is 21.8. The Morgan fingerprint density at radius 1 is 1.28 bits per heavy atom. The second kappa shape index (κ2) is 5.57. The van der Waals surface area contributed by atoms with Crippen molar-refractivity contribution in [3.63, 3.8) is 0 Å². The van der Waals surface area contributed by atoms with E-state index in [2.05, 4.69) is 11.9 Å². The van der Waals surface area contributed by atoms with Crippen LogP contribution in [0.2, 0.25) is 5.02 Å². The SMILES string of the molecule is CN1CCC(c2ccc(Cl)cc2)(C(O)CO)CC1. The summed E-state index contributed by atoms with van der Waals surface area (Å²) in [5, 5.41) is 20.3. The molecule has 1 fully saturated rings. The Hall–Kier alpha value is -0.610. The fraction of sp³-hybridized carbons (Fsp3) is 0.571. The van der Waals surface area contributed by atoms with E-state index in [4.69, 9.17) is 11.6 Å². The summed E-state index contributed by atoms with van der Waals surface area (Å²) in [6, 6.07) is 7.63. The number of hydrogen-bond acceptors (Lipinski definition) is 3. The number of aliphatic hydroxyl groups is 2. The molecule has 1 aliphatic rings. The molecule has 0 spiro atoms. The maximum absolute atomic E-state index is 10.2. The summed E-state index contributed by atoms with van der Waals surface area (Å²) in [5.74, 6) is 0. The standard InChI is InChI=1S/C14H20ClNO2/c1-16-8-6-14(7-9-16,13(18)10-17)11-2-4-12(15)5-3-11/h2-5,13,17-18H,6-10H2,1H3. The van der Waals surface area contributed by atoms with Gasteiger partial charge in [0, 0.05) is 10.4 Å². The van der Waals surface area contributed by atoms with Crippen molar-refractivity contribution in [3.8, 4) is 0 Å². The van der Waals surface area contributed by atoms with Gasteiger partial charge in [0.2, 0.25) is 0 Å². The summed E-state index contributed by atoms with van der Waals surface area (Å²) in [7, 11) is 2.08. The topological polar surface area (TPSA) is 43.7 Å². The lowest BCUT2D eigenvalue weighted by Crippen LogP contribution is -2.49. The molecule has 1 aromatic carbocycles. The van der Waals surface area contributed by atoms with Crippen LogP contribution in [-0.4, -0.2) is 48.0 Å². The summed E-state index contributed by atoms with van der Waals surface area (Å²) in [6.45, 7) is 1.66. The van der Waals surface area contributed by atoms with Crippen LogP contribution in [-0.2, 0) is 5.41 Å². The highest BCUT2D eigenvalue weighted by atomic mass is 35.5. The van der Waals surface area contributed by atoms with Crippen molar-refractivity contribution >= 4 is 11.6 Å². The van der Waals surface area contributed by atoms with E-state index in [-0.39, 0.29) is 12.0 Å². The third-order valence-electron chi connectivity index (χ3n) is 4.11. The zero-order valence-electron chi connectivity index (χ0n) is 10.6. The van der Waals surface area contributed by atoms with Crippen LogP contribution in [0, 0.1) is 0 Å². The van der Waals surface area contributed by atoms with Gasteiger partial charge in [-0.1, -0.05) is 23.7 Å². The molecule has 0 aromatic heterocycles. The summed E-state index contributed by atoms with van der Waals surface area (Å²) >= 11 is 5.91. The maximum Gasteiger partial charge on any atom is 0.0868 e. The van der Waals surface area contributed by atoms with E-state index < -0.39 is 6.10 Å². The molecule has 1 saturated heterocycles. The van der Waals surface area contributed by atoms with Gasteiger partial charge < -0.3 is 15.1 Å². The van der Waals surface area contributed by atoms with E-state index in [1.165, 1.54) is 0 Å². The van der Waals surface area contributed by atoms with Gasteiger partial charge in [-0.25, -0.2) is 0 Å². The fourth-order valence-electron chi connectivity index (χ4n) is 2.79. The molecule has 0 amide bonds. The first-order valence-corrected chi connectivity index (χ1v) is 6.70. The van der Waals surface area contributed by atoms with Crippen molar-refractivity contribution in [1.82, 2.24) is 4.90 Å². The van der Waals surface area contributed by atoms with E-state index >= 15 is 0 Å². The average Bonchev–Trinajstić information content (AvgIpc) is 2.40. The molecule has 1 atom stereocenters. The van der Waals surface area contributed by atoms with Gasteiger partial charge in [0.25, 0.3) is 0 Å². The quantitative estimate of drug-likeness (QED) is 0.877. The number of likely N-dealkylation sites (tertiary alicyclic amines) is 1. The maximum atomic E-state index is 10.2. The molecule has 1 heterocycles. The van der Waals surface area contributed by atoms with Crippen LogP contribution in [0.5, 0.6) is 0 Å². The highest BCUT2D eigenvalue weighted by molar-refractivity contribution is 6.30. The molecular weight excluding hydrogens is 250 g/mol. The van der Waals surface area contributed by atoms with Gasteiger partial charge in [0.05, 0.1) is 12.7 Å². The molecule has 0 aliphatic carbocycles. The van der Waals surface area contributed by atoms with Gasteiger partial charge in [0.15, 0.2) is 0 Å². The number of nitrogens with zero attached hydrogens (tertiary/aromatic N) is 1. The van der Waals surface area contributed by atoms with Crippen LogP contribution in [0.4, 0.5) is 0 Å². The van der Waals surface area contributed by atoms with Crippen molar-refractivity contribution < 1.29 is 10.2 Å². The molecule has 0 saturated carbocycles. The molecule has 0 bridgehead atoms. The minimum Gasteiger partial charge on any atom is -0.394 e. The molecule has 1 unspecified atom stereocenters. The number of benzene rings is 1. The Morgan fingerprint density at radius 2 is 1.83 bits per heavy atom. The Balaban J connectivity index is 2.33. The van der Waals surface area contributed by atoms with Gasteiger partial charge in [-0.2, -0.15) is 0 Å². The summed E-state index contributed by atoms with van der Waals surface area (Å²) < 4.78 is 0. The fourth-order valence-corrected chi connectivity index (χ4v) is 2.91. The second-order valence-corrected chi connectivity index (χ2v) is 5.60. The Labute approximate surface area is 113 Å². The predicted octanol–water partition coefficient (Wildman–Crippen LogP) is 1.66. The number of rotatable bonds is 3. The van der Waals surface area contributed by atoms with Gasteiger partial charge in [-0.15, -0.1) is 0 Å². The van der Waals surface area contributed by atoms with Crippen molar-refractivity contribution in [1.29, 1.82) is 0 Å². The lowest BCUT2D eigenvalue weighted by atomic mass is 9.69. The largest absolute Gasteiger partial charge is 0.394 e. The average molecular weight is 270 g/mol. The zero-order chi connectivity index (χ0) is 13.2. The molecular formula is C14H20ClNO2. The first-order valence-electron chi connectivity index (χ1n) is 6.32. The molecule has 100 valence electrons.